The third kappa shape index (κ3) is 3.65. The standard InChI is InChI=1S/C16H23Cl2N/c1-16(2)8-4-3-5-13(16)15(19)10-11-9-12(17)6-7-14(11)18/h6-7,9,13,15H,3-5,8,10,19H2,1-2H3. The molecule has 0 bridgehead atoms. The molecule has 2 rings (SSSR count). The zero-order valence-corrected chi connectivity index (χ0v) is 13.3. The van der Waals surface area contributed by atoms with Gasteiger partial charge in [0.1, 0.15) is 0 Å². The Morgan fingerprint density at radius 3 is 2.74 bits per heavy atom. The monoisotopic (exact) mass is 299 g/mol. The van der Waals surface area contributed by atoms with Gasteiger partial charge in [-0.05, 0) is 54.4 Å². The molecule has 1 nitrogen and oxygen atoms in total. The summed E-state index contributed by atoms with van der Waals surface area (Å²) in [6.45, 7) is 4.69. The average molecular weight is 300 g/mol. The first-order valence-corrected chi connectivity index (χ1v) is 7.85. The summed E-state index contributed by atoms with van der Waals surface area (Å²) in [6.07, 6.45) is 5.94. The first-order chi connectivity index (χ1) is 8.90. The van der Waals surface area contributed by atoms with Crippen molar-refractivity contribution >= 4 is 23.2 Å². The number of hydrogen-bond acceptors (Lipinski definition) is 1. The van der Waals surface area contributed by atoms with E-state index in [0.717, 1.165) is 22.0 Å². The van der Waals surface area contributed by atoms with Crippen LogP contribution in [0.5, 0.6) is 0 Å². The number of hydrogen-bond donors (Lipinski definition) is 1. The summed E-state index contributed by atoms with van der Waals surface area (Å²) >= 11 is 12.3. The fourth-order valence-corrected chi connectivity index (χ4v) is 3.80. The highest BCUT2D eigenvalue weighted by Crippen LogP contribution is 2.42. The highest BCUT2D eigenvalue weighted by molar-refractivity contribution is 6.33. The summed E-state index contributed by atoms with van der Waals surface area (Å²) in [5, 5.41) is 1.50. The molecule has 0 aromatic heterocycles. The van der Waals surface area contributed by atoms with Gasteiger partial charge in [-0.1, -0.05) is 49.9 Å². The van der Waals surface area contributed by atoms with Gasteiger partial charge in [0.25, 0.3) is 0 Å². The van der Waals surface area contributed by atoms with Crippen LogP contribution in [0.15, 0.2) is 18.2 Å². The molecule has 0 radical (unpaired) electrons. The van der Waals surface area contributed by atoms with E-state index in [1.165, 1.54) is 25.7 Å². The van der Waals surface area contributed by atoms with Gasteiger partial charge in [-0.2, -0.15) is 0 Å². The average Bonchev–Trinajstić information content (AvgIpc) is 2.33. The smallest absolute Gasteiger partial charge is 0.0439 e. The molecule has 1 fully saturated rings. The summed E-state index contributed by atoms with van der Waals surface area (Å²) in [6, 6.07) is 5.78. The van der Waals surface area contributed by atoms with Gasteiger partial charge in [-0.15, -0.1) is 0 Å². The van der Waals surface area contributed by atoms with Crippen molar-refractivity contribution in [3.63, 3.8) is 0 Å². The Morgan fingerprint density at radius 1 is 1.32 bits per heavy atom. The summed E-state index contributed by atoms with van der Waals surface area (Å²) in [7, 11) is 0. The molecule has 1 aromatic rings. The largest absolute Gasteiger partial charge is 0.327 e. The molecule has 106 valence electrons. The first-order valence-electron chi connectivity index (χ1n) is 7.09. The SMILES string of the molecule is CC1(C)CCCCC1C(N)Cc1cc(Cl)ccc1Cl. The van der Waals surface area contributed by atoms with Crippen LogP contribution in [0.1, 0.15) is 45.1 Å². The Labute approximate surface area is 126 Å². The zero-order valence-electron chi connectivity index (χ0n) is 11.8. The van der Waals surface area contributed by atoms with Crippen molar-refractivity contribution in [1.29, 1.82) is 0 Å². The van der Waals surface area contributed by atoms with Crippen molar-refractivity contribution in [3.8, 4) is 0 Å². The van der Waals surface area contributed by atoms with E-state index in [1.54, 1.807) is 0 Å². The second kappa shape index (κ2) is 6.03. The van der Waals surface area contributed by atoms with E-state index in [1.807, 2.05) is 18.2 Å². The molecule has 0 amide bonds. The van der Waals surface area contributed by atoms with Crippen molar-refractivity contribution in [2.75, 3.05) is 0 Å². The van der Waals surface area contributed by atoms with E-state index < -0.39 is 0 Å². The molecule has 2 N–H and O–H groups in total. The summed E-state index contributed by atoms with van der Waals surface area (Å²) in [5.74, 6) is 0.566. The molecule has 0 heterocycles. The molecule has 0 saturated heterocycles. The van der Waals surface area contributed by atoms with E-state index in [4.69, 9.17) is 28.9 Å². The second-order valence-electron chi connectivity index (χ2n) is 6.44. The Kier molecular flexibility index (Phi) is 4.81. The van der Waals surface area contributed by atoms with Crippen LogP contribution in [0.25, 0.3) is 0 Å². The van der Waals surface area contributed by atoms with Crippen molar-refractivity contribution < 1.29 is 0 Å². The Bertz CT molecular complexity index is 442. The van der Waals surface area contributed by atoms with Gasteiger partial charge in [-0.3, -0.25) is 0 Å². The van der Waals surface area contributed by atoms with E-state index >= 15 is 0 Å². The zero-order chi connectivity index (χ0) is 14.0. The predicted molar refractivity (Wildman–Crippen MR) is 83.9 cm³/mol. The molecular weight excluding hydrogens is 277 g/mol. The third-order valence-corrected chi connectivity index (χ3v) is 5.17. The predicted octanol–water partition coefficient (Wildman–Crippen LogP) is 5.08. The summed E-state index contributed by atoms with van der Waals surface area (Å²) in [4.78, 5) is 0. The Morgan fingerprint density at radius 2 is 2.05 bits per heavy atom. The van der Waals surface area contributed by atoms with Gasteiger partial charge >= 0.3 is 0 Å². The van der Waals surface area contributed by atoms with E-state index in [9.17, 15) is 0 Å². The van der Waals surface area contributed by atoms with Crippen molar-refractivity contribution in [1.82, 2.24) is 0 Å². The van der Waals surface area contributed by atoms with E-state index in [0.29, 0.717) is 11.3 Å². The number of benzene rings is 1. The van der Waals surface area contributed by atoms with Gasteiger partial charge in [0, 0.05) is 16.1 Å². The molecular formula is C16H23Cl2N. The first kappa shape index (κ1) is 15.2. The molecule has 1 aliphatic rings. The summed E-state index contributed by atoms with van der Waals surface area (Å²) < 4.78 is 0. The van der Waals surface area contributed by atoms with Crippen LogP contribution >= 0.6 is 23.2 Å². The van der Waals surface area contributed by atoms with Gasteiger partial charge < -0.3 is 5.73 Å². The maximum absolute atomic E-state index is 6.47. The fourth-order valence-electron chi connectivity index (χ4n) is 3.41. The lowest BCUT2D eigenvalue weighted by molar-refractivity contribution is 0.112. The molecule has 19 heavy (non-hydrogen) atoms. The van der Waals surface area contributed by atoms with E-state index in [2.05, 4.69) is 13.8 Å². The van der Waals surface area contributed by atoms with Gasteiger partial charge in [0.15, 0.2) is 0 Å². The topological polar surface area (TPSA) is 26.0 Å². The number of halogens is 2. The Balaban J connectivity index is 2.11. The number of nitrogens with two attached hydrogens (primary N) is 1. The Hall–Kier alpha value is -0.240. The van der Waals surface area contributed by atoms with Gasteiger partial charge in [0.2, 0.25) is 0 Å². The van der Waals surface area contributed by atoms with Gasteiger partial charge in [0.05, 0.1) is 0 Å². The minimum Gasteiger partial charge on any atom is -0.327 e. The van der Waals surface area contributed by atoms with Gasteiger partial charge in [-0.25, -0.2) is 0 Å². The molecule has 2 atom stereocenters. The lowest BCUT2D eigenvalue weighted by Gasteiger charge is -2.42. The minimum atomic E-state index is 0.159. The molecule has 1 aliphatic carbocycles. The molecule has 2 unspecified atom stereocenters. The maximum atomic E-state index is 6.47. The van der Waals surface area contributed by atoms with Crippen LogP contribution < -0.4 is 5.73 Å². The normalized spacial score (nSPS) is 24.2. The third-order valence-electron chi connectivity index (χ3n) is 4.57. The molecule has 0 aliphatic heterocycles. The maximum Gasteiger partial charge on any atom is 0.0439 e. The lowest BCUT2D eigenvalue weighted by Crippen LogP contribution is -2.43. The lowest BCUT2D eigenvalue weighted by atomic mass is 9.65. The van der Waals surface area contributed by atoms with Crippen molar-refractivity contribution in [2.45, 2.75) is 52.0 Å². The van der Waals surface area contributed by atoms with Crippen LogP contribution in [-0.4, -0.2) is 6.04 Å². The highest BCUT2D eigenvalue weighted by atomic mass is 35.5. The van der Waals surface area contributed by atoms with Crippen LogP contribution in [0, 0.1) is 11.3 Å². The highest BCUT2D eigenvalue weighted by Gasteiger charge is 2.36. The van der Waals surface area contributed by atoms with Crippen LogP contribution in [-0.2, 0) is 6.42 Å². The van der Waals surface area contributed by atoms with E-state index in [-0.39, 0.29) is 6.04 Å². The van der Waals surface area contributed by atoms with Crippen molar-refractivity contribution in [3.05, 3.63) is 33.8 Å². The number of rotatable bonds is 3. The molecule has 1 aromatic carbocycles. The van der Waals surface area contributed by atoms with Crippen LogP contribution in [0.4, 0.5) is 0 Å². The minimum absolute atomic E-state index is 0.159. The van der Waals surface area contributed by atoms with Crippen LogP contribution in [0.3, 0.4) is 0 Å². The second-order valence-corrected chi connectivity index (χ2v) is 7.29. The molecule has 0 spiro atoms. The quantitative estimate of drug-likeness (QED) is 0.827. The molecule has 1 saturated carbocycles. The van der Waals surface area contributed by atoms with Crippen molar-refractivity contribution in [2.24, 2.45) is 17.1 Å². The van der Waals surface area contributed by atoms with Crippen LogP contribution in [0.2, 0.25) is 10.0 Å². The fraction of sp³-hybridized carbons (Fsp3) is 0.625. The summed E-state index contributed by atoms with van der Waals surface area (Å²) in [5.41, 5.74) is 7.88. The molecule has 3 heteroatoms.